The van der Waals surface area contributed by atoms with Crippen LogP contribution in [-0.4, -0.2) is 70.4 Å². The Morgan fingerprint density at radius 2 is 1.81 bits per heavy atom. The second kappa shape index (κ2) is 10.2. The molecular weight excluding hydrogens is 553 g/mol. The topological polar surface area (TPSA) is 73.8 Å². The minimum Gasteiger partial charge on any atom is -0.508 e. The Labute approximate surface area is 249 Å². The third-order valence-electron chi connectivity index (χ3n) is 10.1. The predicted octanol–water partition coefficient (Wildman–Crippen LogP) is 6.29. The first-order valence-corrected chi connectivity index (χ1v) is 15.7. The van der Waals surface area contributed by atoms with E-state index in [9.17, 15) is 5.11 Å². The summed E-state index contributed by atoms with van der Waals surface area (Å²) in [5, 5.41) is 16.7. The number of nitrogens with zero attached hydrogens (tertiary/aromatic N) is 4. The van der Waals surface area contributed by atoms with Crippen LogP contribution in [0.1, 0.15) is 44.9 Å². The fourth-order valence-corrected chi connectivity index (χ4v) is 8.30. The predicted molar refractivity (Wildman–Crippen MR) is 164 cm³/mol. The highest BCUT2D eigenvalue weighted by Gasteiger charge is 2.45. The maximum absolute atomic E-state index is 16.8. The van der Waals surface area contributed by atoms with Crippen LogP contribution in [0.5, 0.6) is 11.8 Å². The van der Waals surface area contributed by atoms with Gasteiger partial charge in [0.05, 0.1) is 10.6 Å². The van der Waals surface area contributed by atoms with Crippen LogP contribution in [0.25, 0.3) is 32.8 Å². The third kappa shape index (κ3) is 4.38. The molecule has 1 aromatic heterocycles. The minimum absolute atomic E-state index is 0.0222. The molecule has 0 saturated carbocycles. The zero-order valence-electron chi connectivity index (χ0n) is 23.6. The summed E-state index contributed by atoms with van der Waals surface area (Å²) in [4.78, 5) is 14.5. The Kier molecular flexibility index (Phi) is 6.43. The molecule has 4 aliphatic heterocycles. The summed E-state index contributed by atoms with van der Waals surface area (Å²) in [7, 11) is 0. The highest BCUT2D eigenvalue weighted by Crippen LogP contribution is 2.43. The normalized spacial score (nSPS) is 23.5. The standard InChI is InChI=1S/C33H35ClFN5O2/c34-27-17-26-30(29(35)28(27)25-16-23(41)15-20-5-1-2-6-24(20)25)37-32(42-19-33-10-3-12-40(33)13-4-11-33)38-31(26)39-14-9-21-7-8-22(18-39)36-21/h1-2,5-6,15-17,21-22,36,41H,3-4,7-14,18-19H2. The summed E-state index contributed by atoms with van der Waals surface area (Å²) < 4.78 is 23.2. The average molecular weight is 588 g/mol. The van der Waals surface area contributed by atoms with E-state index in [0.717, 1.165) is 62.6 Å². The van der Waals surface area contributed by atoms with Crippen molar-refractivity contribution in [3.05, 3.63) is 53.3 Å². The second-order valence-corrected chi connectivity index (χ2v) is 13.0. The number of nitrogens with one attached hydrogen (secondary N) is 1. The molecule has 8 rings (SSSR count). The van der Waals surface area contributed by atoms with Gasteiger partial charge in [-0.2, -0.15) is 9.97 Å². The van der Waals surface area contributed by atoms with Crippen molar-refractivity contribution >= 4 is 39.1 Å². The molecule has 9 heteroatoms. The third-order valence-corrected chi connectivity index (χ3v) is 10.4. The number of rotatable bonds is 5. The Bertz CT molecular complexity index is 1690. The molecule has 0 spiro atoms. The summed E-state index contributed by atoms with van der Waals surface area (Å²) in [5.74, 6) is 0.193. The van der Waals surface area contributed by atoms with Gasteiger partial charge in [0.25, 0.3) is 0 Å². The molecule has 2 bridgehead atoms. The van der Waals surface area contributed by atoms with E-state index in [1.54, 1.807) is 18.2 Å². The van der Waals surface area contributed by atoms with Gasteiger partial charge in [-0.05, 0) is 92.6 Å². The van der Waals surface area contributed by atoms with E-state index >= 15 is 4.39 Å². The summed E-state index contributed by atoms with van der Waals surface area (Å²) in [6.45, 7) is 4.31. The zero-order valence-corrected chi connectivity index (χ0v) is 24.3. The molecule has 0 amide bonds. The maximum atomic E-state index is 16.8. The van der Waals surface area contributed by atoms with E-state index in [1.165, 1.54) is 19.3 Å². The van der Waals surface area contributed by atoms with E-state index in [0.29, 0.717) is 35.5 Å². The monoisotopic (exact) mass is 587 g/mol. The zero-order chi connectivity index (χ0) is 28.4. The SMILES string of the molecule is Oc1cc(-c2c(Cl)cc3c(N4CCC5CCC(C4)N5)nc(OCC45CCCN4CCC5)nc3c2F)c2ccccc2c1. The molecule has 0 radical (unpaired) electrons. The van der Waals surface area contributed by atoms with Crippen LogP contribution in [-0.2, 0) is 0 Å². The second-order valence-electron chi connectivity index (χ2n) is 12.6. The highest BCUT2D eigenvalue weighted by molar-refractivity contribution is 6.35. The molecule has 7 nitrogen and oxygen atoms in total. The van der Waals surface area contributed by atoms with Crippen molar-refractivity contribution < 1.29 is 14.2 Å². The number of aromatic hydroxyl groups is 1. The molecular formula is C33H35ClFN5O2. The maximum Gasteiger partial charge on any atom is 0.319 e. The van der Waals surface area contributed by atoms with Gasteiger partial charge in [-0.3, -0.25) is 4.90 Å². The van der Waals surface area contributed by atoms with Crippen LogP contribution in [0.3, 0.4) is 0 Å². The lowest BCUT2D eigenvalue weighted by molar-refractivity contribution is 0.108. The van der Waals surface area contributed by atoms with Crippen molar-refractivity contribution in [1.82, 2.24) is 20.2 Å². The number of phenolic OH excluding ortho intramolecular Hbond substituents is 1. The molecule has 4 fully saturated rings. The number of aromatic nitrogens is 2. The van der Waals surface area contributed by atoms with Crippen LogP contribution >= 0.6 is 11.6 Å². The van der Waals surface area contributed by atoms with Crippen LogP contribution in [0, 0.1) is 5.82 Å². The van der Waals surface area contributed by atoms with Crippen LogP contribution in [0.4, 0.5) is 10.2 Å². The van der Waals surface area contributed by atoms with Crippen molar-refractivity contribution in [3.63, 3.8) is 0 Å². The summed E-state index contributed by atoms with van der Waals surface area (Å²) in [6.07, 6.45) is 7.86. The van der Waals surface area contributed by atoms with Gasteiger partial charge in [-0.25, -0.2) is 4.39 Å². The Morgan fingerprint density at radius 1 is 1.00 bits per heavy atom. The van der Waals surface area contributed by atoms with Gasteiger partial charge in [0.2, 0.25) is 0 Å². The Hall–Kier alpha value is -3.20. The van der Waals surface area contributed by atoms with Crippen LogP contribution < -0.4 is 15.0 Å². The van der Waals surface area contributed by atoms with Gasteiger partial charge in [0, 0.05) is 36.1 Å². The largest absolute Gasteiger partial charge is 0.508 e. The Morgan fingerprint density at radius 3 is 2.67 bits per heavy atom. The van der Waals surface area contributed by atoms with Crippen molar-refractivity contribution in [2.75, 3.05) is 37.7 Å². The lowest BCUT2D eigenvalue weighted by atomic mass is 9.95. The van der Waals surface area contributed by atoms with Gasteiger partial charge in [-0.1, -0.05) is 35.9 Å². The number of fused-ring (bicyclic) bond motifs is 5. The number of ether oxygens (including phenoxy) is 1. The number of hydrogen-bond donors (Lipinski definition) is 2. The molecule has 0 aliphatic carbocycles. The number of anilines is 1. The lowest BCUT2D eigenvalue weighted by Crippen LogP contribution is -2.43. The van der Waals surface area contributed by atoms with Crippen molar-refractivity contribution in [1.29, 1.82) is 0 Å². The smallest absolute Gasteiger partial charge is 0.319 e. The molecule has 42 heavy (non-hydrogen) atoms. The molecule has 3 aromatic carbocycles. The van der Waals surface area contributed by atoms with E-state index < -0.39 is 5.82 Å². The number of halogens is 2. The van der Waals surface area contributed by atoms with Gasteiger partial charge in [0.1, 0.15) is 23.7 Å². The van der Waals surface area contributed by atoms with Crippen molar-refractivity contribution in [2.45, 2.75) is 62.6 Å². The number of phenols is 1. The van der Waals surface area contributed by atoms with Crippen molar-refractivity contribution in [2.24, 2.45) is 0 Å². The lowest BCUT2D eigenvalue weighted by Gasteiger charge is -2.31. The van der Waals surface area contributed by atoms with Gasteiger partial charge >= 0.3 is 6.01 Å². The molecule has 4 aliphatic rings. The highest BCUT2D eigenvalue weighted by atomic mass is 35.5. The molecule has 218 valence electrons. The number of benzene rings is 3. The fourth-order valence-electron chi connectivity index (χ4n) is 8.01. The molecule has 4 aromatic rings. The van der Waals surface area contributed by atoms with Gasteiger partial charge in [0.15, 0.2) is 5.82 Å². The molecule has 2 atom stereocenters. The average Bonchev–Trinajstić information content (AvgIpc) is 3.65. The Balaban J connectivity index is 1.28. The first-order chi connectivity index (χ1) is 20.5. The molecule has 2 N–H and O–H groups in total. The van der Waals surface area contributed by atoms with Gasteiger partial charge in [-0.15, -0.1) is 0 Å². The summed E-state index contributed by atoms with van der Waals surface area (Å²) in [5.41, 5.74) is 0.963. The van der Waals surface area contributed by atoms with E-state index in [4.69, 9.17) is 26.3 Å². The van der Waals surface area contributed by atoms with Crippen molar-refractivity contribution in [3.8, 4) is 22.9 Å². The van der Waals surface area contributed by atoms with E-state index in [1.807, 2.05) is 24.3 Å². The van der Waals surface area contributed by atoms with Crippen LogP contribution in [0.15, 0.2) is 42.5 Å². The minimum atomic E-state index is -0.530. The van der Waals surface area contributed by atoms with Crippen LogP contribution in [0.2, 0.25) is 5.02 Å². The molecule has 4 saturated heterocycles. The first kappa shape index (κ1) is 26.4. The summed E-state index contributed by atoms with van der Waals surface area (Å²) >= 11 is 6.90. The summed E-state index contributed by atoms with van der Waals surface area (Å²) in [6, 6.07) is 13.7. The van der Waals surface area contributed by atoms with E-state index in [2.05, 4.69) is 15.1 Å². The molecule has 5 heterocycles. The quantitative estimate of drug-likeness (QED) is 0.284. The van der Waals surface area contributed by atoms with Gasteiger partial charge < -0.3 is 20.1 Å². The fraction of sp³-hybridized carbons (Fsp3) is 0.455. The number of hydrogen-bond acceptors (Lipinski definition) is 7. The van der Waals surface area contributed by atoms with E-state index in [-0.39, 0.29) is 33.4 Å². The molecule has 2 unspecified atom stereocenters. The first-order valence-electron chi connectivity index (χ1n) is 15.3.